The van der Waals surface area contributed by atoms with E-state index in [1.807, 2.05) is 12.1 Å². The molecule has 0 spiro atoms. The predicted octanol–water partition coefficient (Wildman–Crippen LogP) is 3.46. The maximum atomic E-state index is 6.07. The second-order valence-electron chi connectivity index (χ2n) is 6.22. The molecule has 8 nitrogen and oxygen atoms in total. The van der Waals surface area contributed by atoms with Crippen molar-refractivity contribution in [1.29, 1.82) is 0 Å². The Morgan fingerprint density at radius 2 is 2.07 bits per heavy atom. The second kappa shape index (κ2) is 8.71. The fourth-order valence-corrected chi connectivity index (χ4v) is 3.80. The van der Waals surface area contributed by atoms with Gasteiger partial charge >= 0.3 is 0 Å². The van der Waals surface area contributed by atoms with Crippen LogP contribution in [0, 0.1) is 0 Å². The first kappa shape index (κ1) is 19.5. The first-order valence-electron chi connectivity index (χ1n) is 8.90. The van der Waals surface area contributed by atoms with Crippen molar-refractivity contribution < 1.29 is 9.47 Å². The number of nitrogens with zero attached hydrogens (tertiary/aromatic N) is 4. The zero-order chi connectivity index (χ0) is 20.2. The van der Waals surface area contributed by atoms with Gasteiger partial charge in [0, 0.05) is 36.1 Å². The molecule has 0 amide bonds. The molecule has 1 atom stereocenters. The van der Waals surface area contributed by atoms with Crippen LogP contribution in [0.4, 0.5) is 11.6 Å². The normalized spacial score (nSPS) is 13.7. The molecule has 150 valence electrons. The Morgan fingerprint density at radius 1 is 1.21 bits per heavy atom. The van der Waals surface area contributed by atoms with Gasteiger partial charge in [-0.2, -0.15) is 11.8 Å². The summed E-state index contributed by atoms with van der Waals surface area (Å²) < 4.78 is 11.4. The first-order chi connectivity index (χ1) is 14.2. The van der Waals surface area contributed by atoms with Crippen molar-refractivity contribution in [3.63, 3.8) is 0 Å². The van der Waals surface area contributed by atoms with E-state index in [1.54, 1.807) is 30.2 Å². The van der Waals surface area contributed by atoms with Gasteiger partial charge in [-0.1, -0.05) is 11.6 Å². The van der Waals surface area contributed by atoms with Gasteiger partial charge in [0.1, 0.15) is 31.2 Å². The zero-order valence-electron chi connectivity index (χ0n) is 15.6. The molecule has 29 heavy (non-hydrogen) atoms. The topological polar surface area (TPSA) is 108 Å². The van der Waals surface area contributed by atoms with Crippen molar-refractivity contribution in [2.45, 2.75) is 5.25 Å². The van der Waals surface area contributed by atoms with Crippen LogP contribution in [-0.4, -0.2) is 46.0 Å². The van der Waals surface area contributed by atoms with E-state index in [0.717, 1.165) is 11.1 Å². The van der Waals surface area contributed by atoms with Crippen LogP contribution in [0.2, 0.25) is 5.02 Å². The summed E-state index contributed by atoms with van der Waals surface area (Å²) in [6.07, 6.45) is 6.93. The van der Waals surface area contributed by atoms with Crippen molar-refractivity contribution in [2.75, 3.05) is 37.1 Å². The van der Waals surface area contributed by atoms with Crippen LogP contribution in [-0.2, 0) is 0 Å². The fraction of sp³-hybridized carbons (Fsp3) is 0.263. The van der Waals surface area contributed by atoms with Gasteiger partial charge in [0.25, 0.3) is 5.88 Å². The molecule has 0 aliphatic carbocycles. The average Bonchev–Trinajstić information content (AvgIpc) is 2.76. The third-order valence-electron chi connectivity index (χ3n) is 4.40. The monoisotopic (exact) mass is 430 g/mol. The van der Waals surface area contributed by atoms with Crippen molar-refractivity contribution >= 4 is 35.0 Å². The maximum Gasteiger partial charge on any atom is 0.257 e. The van der Waals surface area contributed by atoms with Crippen molar-refractivity contribution in [3.05, 3.63) is 47.5 Å². The van der Waals surface area contributed by atoms with E-state index in [1.165, 1.54) is 6.33 Å². The maximum absolute atomic E-state index is 6.07. The van der Waals surface area contributed by atoms with Crippen LogP contribution in [0.5, 0.6) is 11.6 Å². The molecule has 0 bridgehead atoms. The molecule has 4 heterocycles. The van der Waals surface area contributed by atoms with Gasteiger partial charge in [-0.3, -0.25) is 0 Å². The highest BCUT2D eigenvalue weighted by Gasteiger charge is 2.23. The van der Waals surface area contributed by atoms with Crippen LogP contribution in [0.25, 0.3) is 11.3 Å². The Bertz CT molecular complexity index is 1020. The summed E-state index contributed by atoms with van der Waals surface area (Å²) in [6, 6.07) is 5.55. The summed E-state index contributed by atoms with van der Waals surface area (Å²) in [5.74, 6) is 2.25. The lowest BCUT2D eigenvalue weighted by molar-refractivity contribution is 0.163. The molecule has 3 N–H and O–H groups in total. The average molecular weight is 431 g/mol. The molecule has 3 aromatic rings. The molecule has 4 rings (SSSR count). The van der Waals surface area contributed by atoms with E-state index in [9.17, 15) is 0 Å². The quantitative estimate of drug-likeness (QED) is 0.607. The zero-order valence-corrected chi connectivity index (χ0v) is 17.2. The van der Waals surface area contributed by atoms with Crippen molar-refractivity contribution in [1.82, 2.24) is 19.9 Å². The molecule has 10 heteroatoms. The Balaban J connectivity index is 1.52. The van der Waals surface area contributed by atoms with E-state index < -0.39 is 0 Å². The van der Waals surface area contributed by atoms with Gasteiger partial charge in [-0.05, 0) is 18.4 Å². The molecular formula is C19H19ClN6O2S. The van der Waals surface area contributed by atoms with Crippen LogP contribution >= 0.6 is 23.4 Å². The lowest BCUT2D eigenvalue weighted by atomic mass is 10.1. The minimum absolute atomic E-state index is 0.125. The third-order valence-corrected chi connectivity index (χ3v) is 5.70. The number of anilines is 2. The number of rotatable bonds is 6. The highest BCUT2D eigenvalue weighted by Crippen LogP contribution is 2.39. The largest absolute Gasteiger partial charge is 0.484 e. The molecular weight excluding hydrogens is 412 g/mol. The fourth-order valence-electron chi connectivity index (χ4n) is 2.94. The number of pyridine rings is 2. The van der Waals surface area contributed by atoms with E-state index in [4.69, 9.17) is 26.8 Å². The van der Waals surface area contributed by atoms with E-state index >= 15 is 0 Å². The standard InChI is InChI=1S/C19H19ClN6O2S/c1-29-15(12-2-3-22-19-17(12)27-4-5-28-19)9-23-16-7-14(25-10-26-16)11-6-13(20)18(21)24-8-11/h2-3,6-8,10,15H,4-5,9H2,1H3,(H2,21,24)(H,23,25,26). The van der Waals surface area contributed by atoms with E-state index in [0.29, 0.717) is 47.9 Å². The van der Waals surface area contributed by atoms with E-state index in [-0.39, 0.29) is 11.1 Å². The summed E-state index contributed by atoms with van der Waals surface area (Å²) in [7, 11) is 0. The van der Waals surface area contributed by atoms with E-state index in [2.05, 4.69) is 31.5 Å². The molecule has 1 unspecified atom stereocenters. The highest BCUT2D eigenvalue weighted by molar-refractivity contribution is 7.98. The minimum Gasteiger partial charge on any atom is -0.484 e. The summed E-state index contributed by atoms with van der Waals surface area (Å²) in [4.78, 5) is 17.0. The molecule has 0 saturated carbocycles. The van der Waals surface area contributed by atoms with Gasteiger partial charge in [0.05, 0.1) is 16.0 Å². The number of ether oxygens (including phenoxy) is 2. The number of hydrogen-bond donors (Lipinski definition) is 2. The predicted molar refractivity (Wildman–Crippen MR) is 115 cm³/mol. The molecule has 1 aliphatic heterocycles. The van der Waals surface area contributed by atoms with Crippen LogP contribution in [0.3, 0.4) is 0 Å². The number of hydrogen-bond acceptors (Lipinski definition) is 9. The van der Waals surface area contributed by atoms with Crippen molar-refractivity contribution in [3.8, 4) is 22.9 Å². The molecule has 0 radical (unpaired) electrons. The minimum atomic E-state index is 0.125. The number of nitrogens with one attached hydrogen (secondary N) is 1. The smallest absolute Gasteiger partial charge is 0.257 e. The van der Waals surface area contributed by atoms with Gasteiger partial charge in [0.15, 0.2) is 5.75 Å². The van der Waals surface area contributed by atoms with Gasteiger partial charge in [-0.15, -0.1) is 0 Å². The third kappa shape index (κ3) is 4.30. The van der Waals surface area contributed by atoms with Crippen LogP contribution in [0.1, 0.15) is 10.8 Å². The molecule has 0 aromatic carbocycles. The lowest BCUT2D eigenvalue weighted by Crippen LogP contribution is -2.19. The van der Waals surface area contributed by atoms with Gasteiger partial charge < -0.3 is 20.5 Å². The lowest BCUT2D eigenvalue weighted by Gasteiger charge is -2.23. The van der Waals surface area contributed by atoms with Crippen molar-refractivity contribution in [2.24, 2.45) is 0 Å². The Labute approximate surface area is 177 Å². The first-order valence-corrected chi connectivity index (χ1v) is 10.6. The number of nitrogens with two attached hydrogens (primary N) is 1. The van der Waals surface area contributed by atoms with Crippen LogP contribution in [0.15, 0.2) is 36.9 Å². The number of nitrogen functional groups attached to an aromatic ring is 1. The number of thioether (sulfide) groups is 1. The number of fused-ring (bicyclic) bond motifs is 1. The Hall–Kier alpha value is -2.78. The summed E-state index contributed by atoms with van der Waals surface area (Å²) in [5, 5.41) is 3.89. The number of aromatic nitrogens is 4. The number of halogens is 1. The van der Waals surface area contributed by atoms with Gasteiger partial charge in [0.2, 0.25) is 0 Å². The van der Waals surface area contributed by atoms with Crippen LogP contribution < -0.4 is 20.5 Å². The Kier molecular flexibility index (Phi) is 5.86. The second-order valence-corrected chi connectivity index (χ2v) is 7.66. The molecule has 0 fully saturated rings. The molecule has 0 saturated heterocycles. The summed E-state index contributed by atoms with van der Waals surface area (Å²) in [6.45, 7) is 1.67. The van der Waals surface area contributed by atoms with Gasteiger partial charge in [-0.25, -0.2) is 19.9 Å². The summed E-state index contributed by atoms with van der Waals surface area (Å²) >= 11 is 7.78. The Morgan fingerprint density at radius 3 is 2.90 bits per heavy atom. The molecule has 3 aromatic heterocycles. The molecule has 1 aliphatic rings. The SMILES string of the molecule is CSC(CNc1cc(-c2cnc(N)c(Cl)c2)ncn1)c1ccnc2c1OCCO2. The highest BCUT2D eigenvalue weighted by atomic mass is 35.5. The summed E-state index contributed by atoms with van der Waals surface area (Å²) in [5.41, 5.74) is 8.20.